The van der Waals surface area contributed by atoms with Crippen LogP contribution >= 0.6 is 0 Å². The minimum absolute atomic E-state index is 0.821. The van der Waals surface area contributed by atoms with Crippen LogP contribution in [0, 0.1) is 0 Å². The Morgan fingerprint density at radius 3 is 2.36 bits per heavy atom. The lowest BCUT2D eigenvalue weighted by atomic mass is 10.0. The van der Waals surface area contributed by atoms with Crippen LogP contribution < -0.4 is 10.1 Å². The van der Waals surface area contributed by atoms with Crippen LogP contribution in [0.15, 0.2) is 36.4 Å². The summed E-state index contributed by atoms with van der Waals surface area (Å²) in [5, 5.41) is 6.23. The van der Waals surface area contributed by atoms with Crippen molar-refractivity contribution >= 4 is 10.8 Å². The molecule has 1 N–H and O–H groups in total. The number of fused-ring (bicyclic) bond motifs is 1. The maximum absolute atomic E-state index is 6.15. The summed E-state index contributed by atoms with van der Waals surface area (Å²) in [5.41, 5.74) is 1.31. The normalized spacial score (nSPS) is 11.1. The molecule has 0 spiro atoms. The molecule has 0 aromatic heterocycles. The van der Waals surface area contributed by atoms with Gasteiger partial charge in [-0.1, -0.05) is 82.7 Å². The molecular weight excluding hydrogens is 306 g/mol. The van der Waals surface area contributed by atoms with Crippen molar-refractivity contribution in [1.82, 2.24) is 5.32 Å². The lowest BCUT2D eigenvalue weighted by Gasteiger charge is -2.15. The number of nitrogens with one attached hydrogen (secondary N) is 1. The highest BCUT2D eigenvalue weighted by atomic mass is 16.5. The van der Waals surface area contributed by atoms with Crippen LogP contribution in [0.1, 0.15) is 70.8 Å². The molecular formula is C23H35NO. The second kappa shape index (κ2) is 11.9. The first kappa shape index (κ1) is 19.8. The van der Waals surface area contributed by atoms with Gasteiger partial charge in [-0.15, -0.1) is 0 Å². The molecule has 2 aromatic rings. The van der Waals surface area contributed by atoms with E-state index in [0.717, 1.165) is 31.9 Å². The van der Waals surface area contributed by atoms with Crippen molar-refractivity contribution in [3.63, 3.8) is 0 Å². The molecule has 0 heterocycles. The van der Waals surface area contributed by atoms with Crippen molar-refractivity contribution in [2.24, 2.45) is 0 Å². The molecule has 2 aromatic carbocycles. The van der Waals surface area contributed by atoms with Crippen LogP contribution in [-0.2, 0) is 6.54 Å². The van der Waals surface area contributed by atoms with E-state index in [0.29, 0.717) is 0 Å². The standard InChI is InChI=1S/C23H35NO/c1-3-5-7-11-17-24-19-22-21-14-10-9-13-20(21)15-16-23(22)25-18-12-8-6-4-2/h9-10,13-16,24H,3-8,11-12,17-19H2,1-2H3. The summed E-state index contributed by atoms with van der Waals surface area (Å²) in [6, 6.07) is 13.0. The van der Waals surface area contributed by atoms with Gasteiger partial charge >= 0.3 is 0 Å². The van der Waals surface area contributed by atoms with Gasteiger partial charge in [-0.25, -0.2) is 0 Å². The molecule has 0 saturated heterocycles. The summed E-state index contributed by atoms with van der Waals surface area (Å²) in [6.45, 7) is 7.29. The largest absolute Gasteiger partial charge is 0.493 e. The van der Waals surface area contributed by atoms with Gasteiger partial charge in [-0.3, -0.25) is 0 Å². The summed E-state index contributed by atoms with van der Waals surface area (Å²) in [4.78, 5) is 0. The second-order valence-corrected chi connectivity index (χ2v) is 6.91. The SMILES string of the molecule is CCCCCCNCc1c(OCCCCCC)ccc2ccccc12. The first-order valence-electron chi connectivity index (χ1n) is 10.2. The number of ether oxygens (including phenoxy) is 1. The van der Waals surface area contributed by atoms with E-state index in [1.807, 2.05) is 0 Å². The van der Waals surface area contributed by atoms with Crippen LogP contribution in [0.5, 0.6) is 5.75 Å². The Morgan fingerprint density at radius 2 is 1.56 bits per heavy atom. The minimum atomic E-state index is 0.821. The van der Waals surface area contributed by atoms with Crippen molar-refractivity contribution in [1.29, 1.82) is 0 Å². The zero-order valence-electron chi connectivity index (χ0n) is 16.2. The van der Waals surface area contributed by atoms with Gasteiger partial charge in [0.15, 0.2) is 0 Å². The maximum Gasteiger partial charge on any atom is 0.124 e. The molecule has 0 aliphatic heterocycles. The fourth-order valence-electron chi connectivity index (χ4n) is 3.23. The van der Waals surface area contributed by atoms with Crippen molar-refractivity contribution in [3.8, 4) is 5.75 Å². The molecule has 2 nitrogen and oxygen atoms in total. The number of rotatable bonds is 13. The molecule has 25 heavy (non-hydrogen) atoms. The monoisotopic (exact) mass is 341 g/mol. The van der Waals surface area contributed by atoms with Crippen LogP contribution in [0.2, 0.25) is 0 Å². The number of hydrogen-bond acceptors (Lipinski definition) is 2. The molecule has 2 heteroatoms. The Labute approximate surface area is 154 Å². The molecule has 0 saturated carbocycles. The zero-order valence-corrected chi connectivity index (χ0v) is 16.2. The average Bonchev–Trinajstić information content (AvgIpc) is 2.65. The predicted molar refractivity (Wildman–Crippen MR) is 109 cm³/mol. The third-order valence-corrected chi connectivity index (χ3v) is 4.76. The lowest BCUT2D eigenvalue weighted by molar-refractivity contribution is 0.302. The van der Waals surface area contributed by atoms with Gasteiger partial charge in [-0.2, -0.15) is 0 Å². The molecule has 0 aliphatic rings. The summed E-state index contributed by atoms with van der Waals surface area (Å²) in [6.07, 6.45) is 10.2. The van der Waals surface area contributed by atoms with E-state index >= 15 is 0 Å². The second-order valence-electron chi connectivity index (χ2n) is 6.91. The van der Waals surface area contributed by atoms with Crippen molar-refractivity contribution < 1.29 is 4.74 Å². The molecule has 0 unspecified atom stereocenters. The van der Waals surface area contributed by atoms with E-state index in [9.17, 15) is 0 Å². The van der Waals surface area contributed by atoms with Crippen molar-refractivity contribution in [3.05, 3.63) is 42.0 Å². The molecule has 0 radical (unpaired) electrons. The molecule has 0 amide bonds. The van der Waals surface area contributed by atoms with Gasteiger partial charge in [0.25, 0.3) is 0 Å². The van der Waals surface area contributed by atoms with Crippen LogP contribution in [0.4, 0.5) is 0 Å². The van der Waals surface area contributed by atoms with E-state index < -0.39 is 0 Å². The Morgan fingerprint density at radius 1 is 0.800 bits per heavy atom. The van der Waals surface area contributed by atoms with Crippen LogP contribution in [0.3, 0.4) is 0 Å². The minimum Gasteiger partial charge on any atom is -0.493 e. The summed E-state index contributed by atoms with van der Waals surface area (Å²) in [7, 11) is 0. The average molecular weight is 342 g/mol. The maximum atomic E-state index is 6.15. The summed E-state index contributed by atoms with van der Waals surface area (Å²) in [5.74, 6) is 1.05. The fraction of sp³-hybridized carbons (Fsp3) is 0.565. The fourth-order valence-corrected chi connectivity index (χ4v) is 3.23. The third kappa shape index (κ3) is 6.70. The van der Waals surface area contributed by atoms with Gasteiger partial charge in [0.1, 0.15) is 5.75 Å². The lowest BCUT2D eigenvalue weighted by Crippen LogP contribution is -2.16. The number of benzene rings is 2. The smallest absolute Gasteiger partial charge is 0.124 e. The third-order valence-electron chi connectivity index (χ3n) is 4.76. The Kier molecular flexibility index (Phi) is 9.43. The van der Waals surface area contributed by atoms with Gasteiger partial charge in [0.2, 0.25) is 0 Å². The highest BCUT2D eigenvalue weighted by Crippen LogP contribution is 2.28. The van der Waals surface area contributed by atoms with Gasteiger partial charge in [0.05, 0.1) is 6.61 Å². The molecule has 0 atom stereocenters. The number of unbranched alkanes of at least 4 members (excludes halogenated alkanes) is 6. The van der Waals surface area contributed by atoms with Gasteiger partial charge in [-0.05, 0) is 36.2 Å². The molecule has 138 valence electrons. The summed E-state index contributed by atoms with van der Waals surface area (Å²) >= 11 is 0. The van der Waals surface area contributed by atoms with E-state index in [4.69, 9.17) is 4.74 Å². The highest BCUT2D eigenvalue weighted by molar-refractivity contribution is 5.87. The van der Waals surface area contributed by atoms with Crippen molar-refractivity contribution in [2.45, 2.75) is 71.8 Å². The molecule has 0 fully saturated rings. The first-order chi connectivity index (χ1) is 12.4. The molecule has 2 rings (SSSR count). The van der Waals surface area contributed by atoms with Crippen LogP contribution in [-0.4, -0.2) is 13.2 Å². The first-order valence-corrected chi connectivity index (χ1v) is 10.2. The Hall–Kier alpha value is -1.54. The molecule has 0 bridgehead atoms. The van der Waals surface area contributed by atoms with E-state index in [2.05, 4.69) is 55.6 Å². The predicted octanol–water partition coefficient (Wildman–Crippen LogP) is 6.47. The quantitative estimate of drug-likeness (QED) is 0.422. The highest BCUT2D eigenvalue weighted by Gasteiger charge is 2.08. The van der Waals surface area contributed by atoms with Gasteiger partial charge in [0, 0.05) is 12.1 Å². The number of hydrogen-bond donors (Lipinski definition) is 1. The van der Waals surface area contributed by atoms with Gasteiger partial charge < -0.3 is 10.1 Å². The van der Waals surface area contributed by atoms with Crippen LogP contribution in [0.25, 0.3) is 10.8 Å². The Balaban J connectivity index is 1.98. The Bertz CT molecular complexity index is 608. The topological polar surface area (TPSA) is 21.3 Å². The molecule has 0 aliphatic carbocycles. The van der Waals surface area contributed by atoms with Crippen molar-refractivity contribution in [2.75, 3.05) is 13.2 Å². The van der Waals surface area contributed by atoms with E-state index in [1.54, 1.807) is 0 Å². The van der Waals surface area contributed by atoms with E-state index in [1.165, 1.54) is 61.3 Å². The summed E-state index contributed by atoms with van der Waals surface area (Å²) < 4.78 is 6.15. The zero-order chi connectivity index (χ0) is 17.7. The van der Waals surface area contributed by atoms with E-state index in [-0.39, 0.29) is 0 Å².